The molecular weight excluding hydrogens is 403 g/mol. The van der Waals surface area contributed by atoms with Crippen molar-refractivity contribution in [3.8, 4) is 0 Å². The van der Waals surface area contributed by atoms with E-state index in [4.69, 9.17) is 23.2 Å². The minimum absolute atomic E-state index is 0.0599. The first-order chi connectivity index (χ1) is 13.3. The number of hydrogen-bond acceptors (Lipinski definition) is 4. The monoisotopic (exact) mass is 420 g/mol. The van der Waals surface area contributed by atoms with Crippen LogP contribution in [-0.2, 0) is 10.2 Å². The Labute approximate surface area is 172 Å². The van der Waals surface area contributed by atoms with Crippen molar-refractivity contribution < 1.29 is 14.5 Å². The molecule has 0 heterocycles. The van der Waals surface area contributed by atoms with Crippen molar-refractivity contribution in [2.75, 3.05) is 11.9 Å². The first-order valence-corrected chi connectivity index (χ1v) is 9.59. The quantitative estimate of drug-likeness (QED) is 0.408. The molecule has 8 heteroatoms. The van der Waals surface area contributed by atoms with Crippen LogP contribution in [0, 0.1) is 10.1 Å². The Balaban J connectivity index is 1.83. The first kappa shape index (κ1) is 20.3. The molecule has 2 aromatic rings. The van der Waals surface area contributed by atoms with Crippen molar-refractivity contribution >= 4 is 40.6 Å². The average Bonchev–Trinajstić information content (AvgIpc) is 3.13. The van der Waals surface area contributed by atoms with E-state index in [1.54, 1.807) is 12.1 Å². The molecule has 3 rings (SSSR count). The summed E-state index contributed by atoms with van der Waals surface area (Å²) in [7, 11) is 0. The Morgan fingerprint density at radius 2 is 1.71 bits per heavy atom. The molecule has 0 unspecified atom stereocenters. The van der Waals surface area contributed by atoms with Gasteiger partial charge in [-0.05, 0) is 48.7 Å². The van der Waals surface area contributed by atoms with E-state index in [0.29, 0.717) is 10.7 Å². The van der Waals surface area contributed by atoms with Gasteiger partial charge in [-0.3, -0.25) is 19.7 Å². The maximum Gasteiger partial charge on any atom is 0.265 e. The van der Waals surface area contributed by atoms with Crippen LogP contribution in [0.5, 0.6) is 0 Å². The first-order valence-electron chi connectivity index (χ1n) is 8.84. The lowest BCUT2D eigenvalue weighted by atomic mass is 9.78. The number of hydrogen-bond donors (Lipinski definition) is 1. The van der Waals surface area contributed by atoms with Gasteiger partial charge in [0.2, 0.25) is 11.7 Å². The second kappa shape index (κ2) is 8.29. The molecule has 1 aliphatic rings. The van der Waals surface area contributed by atoms with Gasteiger partial charge in [0.15, 0.2) is 0 Å². The zero-order chi connectivity index (χ0) is 20.3. The summed E-state index contributed by atoms with van der Waals surface area (Å²) in [5.41, 5.74) is 0.769. The molecule has 2 aromatic carbocycles. The molecule has 0 saturated heterocycles. The number of carbonyl (C=O) groups is 2. The molecule has 0 spiro atoms. The maximum absolute atomic E-state index is 13.2. The minimum Gasteiger partial charge on any atom is -0.325 e. The predicted molar refractivity (Wildman–Crippen MR) is 108 cm³/mol. The molecule has 1 aliphatic carbocycles. The van der Waals surface area contributed by atoms with E-state index in [-0.39, 0.29) is 16.5 Å². The van der Waals surface area contributed by atoms with E-state index in [1.165, 1.54) is 18.2 Å². The molecule has 0 bridgehead atoms. The van der Waals surface area contributed by atoms with Gasteiger partial charge in [-0.2, -0.15) is 0 Å². The van der Waals surface area contributed by atoms with E-state index in [9.17, 15) is 19.7 Å². The lowest BCUT2D eigenvalue weighted by molar-refractivity contribution is -0.465. The molecule has 1 N–H and O–H groups in total. The number of rotatable bonds is 6. The number of nitrogens with one attached hydrogen (secondary N) is 1. The second-order valence-electron chi connectivity index (χ2n) is 6.86. The maximum atomic E-state index is 13.2. The van der Waals surface area contributed by atoms with Crippen molar-refractivity contribution in [1.82, 2.24) is 0 Å². The summed E-state index contributed by atoms with van der Waals surface area (Å²) in [6.45, 7) is -0.828. The molecule has 0 aliphatic heterocycles. The second-order valence-corrected chi connectivity index (χ2v) is 7.70. The number of carbonyl (C=O) groups excluding carboxylic acids is 2. The van der Waals surface area contributed by atoms with Crippen molar-refractivity contribution in [3.05, 3.63) is 73.8 Å². The average molecular weight is 421 g/mol. The number of nitrogens with zero attached hydrogens (tertiary/aromatic N) is 1. The summed E-state index contributed by atoms with van der Waals surface area (Å²) in [5, 5.41) is 14.1. The topological polar surface area (TPSA) is 89.3 Å². The number of amides is 1. The molecule has 0 radical (unpaired) electrons. The Morgan fingerprint density at radius 1 is 1.07 bits per heavy atom. The van der Waals surface area contributed by atoms with Crippen molar-refractivity contribution in [2.24, 2.45) is 0 Å². The van der Waals surface area contributed by atoms with Crippen LogP contribution in [-0.4, -0.2) is 23.2 Å². The molecule has 1 amide bonds. The summed E-state index contributed by atoms with van der Waals surface area (Å²) in [6.07, 6.45) is 3.36. The molecule has 1 saturated carbocycles. The van der Waals surface area contributed by atoms with Gasteiger partial charge in [-0.15, -0.1) is 0 Å². The molecule has 6 nitrogen and oxygen atoms in total. The third-order valence-corrected chi connectivity index (χ3v) is 5.65. The largest absolute Gasteiger partial charge is 0.325 e. The third-order valence-electron chi connectivity index (χ3n) is 5.09. The Bertz CT molecular complexity index is 922. The highest BCUT2D eigenvalue weighted by molar-refractivity contribution is 6.34. The van der Waals surface area contributed by atoms with Gasteiger partial charge in [0.1, 0.15) is 0 Å². The van der Waals surface area contributed by atoms with Crippen LogP contribution in [0.3, 0.4) is 0 Å². The zero-order valence-corrected chi connectivity index (χ0v) is 16.4. The third kappa shape index (κ3) is 4.18. The van der Waals surface area contributed by atoms with Crippen LogP contribution in [0.4, 0.5) is 5.69 Å². The van der Waals surface area contributed by atoms with Crippen LogP contribution < -0.4 is 5.32 Å². The van der Waals surface area contributed by atoms with Gasteiger partial charge < -0.3 is 5.32 Å². The van der Waals surface area contributed by atoms with E-state index in [2.05, 4.69) is 5.32 Å². The number of halogens is 2. The van der Waals surface area contributed by atoms with E-state index < -0.39 is 22.7 Å². The molecule has 0 atom stereocenters. The number of nitro groups is 1. The van der Waals surface area contributed by atoms with E-state index >= 15 is 0 Å². The number of benzene rings is 2. The summed E-state index contributed by atoms with van der Waals surface area (Å²) in [6, 6.07) is 11.7. The standard InChI is InChI=1S/C20H18Cl2N2O4/c21-14-5-3-13(4-6-14)20(9-1-2-10-20)19(26)23-15-7-8-16(17(22)11-15)18(25)12-24(27)28/h3-8,11H,1-2,9-10,12H2,(H,23,26). The van der Waals surface area contributed by atoms with Gasteiger partial charge in [-0.1, -0.05) is 48.2 Å². The van der Waals surface area contributed by atoms with E-state index in [0.717, 1.165) is 31.2 Å². The van der Waals surface area contributed by atoms with Crippen LogP contribution in [0.15, 0.2) is 42.5 Å². The van der Waals surface area contributed by atoms with Gasteiger partial charge in [-0.25, -0.2) is 0 Å². The Hall–Kier alpha value is -2.44. The Morgan fingerprint density at radius 3 is 2.29 bits per heavy atom. The highest BCUT2D eigenvalue weighted by Crippen LogP contribution is 2.42. The predicted octanol–water partition coefficient (Wildman–Crippen LogP) is 4.90. The van der Waals surface area contributed by atoms with E-state index in [1.807, 2.05) is 12.1 Å². The van der Waals surface area contributed by atoms with Crippen molar-refractivity contribution in [3.63, 3.8) is 0 Å². The van der Waals surface area contributed by atoms with Crippen molar-refractivity contribution in [1.29, 1.82) is 0 Å². The summed E-state index contributed by atoms with van der Waals surface area (Å²) in [4.78, 5) is 34.8. The van der Waals surface area contributed by atoms with Crippen molar-refractivity contribution in [2.45, 2.75) is 31.1 Å². The Kier molecular flexibility index (Phi) is 6.01. The zero-order valence-electron chi connectivity index (χ0n) is 14.9. The van der Waals surface area contributed by atoms with Gasteiger partial charge in [0, 0.05) is 21.2 Å². The summed E-state index contributed by atoms with van der Waals surface area (Å²) < 4.78 is 0. The van der Waals surface area contributed by atoms with Gasteiger partial charge in [0.05, 0.1) is 10.4 Å². The van der Waals surface area contributed by atoms with Crippen LogP contribution in [0.2, 0.25) is 10.0 Å². The highest BCUT2D eigenvalue weighted by Gasteiger charge is 2.42. The number of anilines is 1. The SMILES string of the molecule is O=C(C[N+](=O)[O-])c1ccc(NC(=O)C2(c3ccc(Cl)cc3)CCCC2)cc1Cl. The molecular formula is C20H18Cl2N2O4. The normalized spacial score (nSPS) is 15.2. The lowest BCUT2D eigenvalue weighted by Gasteiger charge is -2.28. The molecule has 28 heavy (non-hydrogen) atoms. The van der Waals surface area contributed by atoms with Gasteiger partial charge in [0.25, 0.3) is 6.54 Å². The van der Waals surface area contributed by atoms with Crippen LogP contribution in [0.1, 0.15) is 41.6 Å². The minimum atomic E-state index is -0.828. The molecule has 0 aromatic heterocycles. The highest BCUT2D eigenvalue weighted by atomic mass is 35.5. The fourth-order valence-electron chi connectivity index (χ4n) is 3.67. The fraction of sp³-hybridized carbons (Fsp3) is 0.300. The number of Topliss-reactive ketones (excluding diaryl/α,β-unsaturated/α-hetero) is 1. The smallest absolute Gasteiger partial charge is 0.265 e. The van der Waals surface area contributed by atoms with Crippen LogP contribution >= 0.6 is 23.2 Å². The molecule has 1 fully saturated rings. The van der Waals surface area contributed by atoms with Gasteiger partial charge >= 0.3 is 0 Å². The lowest BCUT2D eigenvalue weighted by Crippen LogP contribution is -2.38. The van der Waals surface area contributed by atoms with Crippen LogP contribution in [0.25, 0.3) is 0 Å². The summed E-state index contributed by atoms with van der Waals surface area (Å²) in [5.74, 6) is -0.825. The molecule has 146 valence electrons. The number of ketones is 1. The summed E-state index contributed by atoms with van der Waals surface area (Å²) >= 11 is 12.1. The fourth-order valence-corrected chi connectivity index (χ4v) is 4.08.